The number of carbonyl (C=O) groups excluding carboxylic acids is 1. The molecule has 1 aliphatic heterocycles. The van der Waals surface area contributed by atoms with Gasteiger partial charge in [-0.1, -0.05) is 13.8 Å². The van der Waals surface area contributed by atoms with Crippen LogP contribution < -0.4 is 9.64 Å². The van der Waals surface area contributed by atoms with Crippen LogP contribution in [0.5, 0.6) is 5.75 Å². The molecule has 0 amide bonds. The number of piperidine rings is 1. The van der Waals surface area contributed by atoms with E-state index < -0.39 is 0 Å². The van der Waals surface area contributed by atoms with Crippen LogP contribution in [0, 0.1) is 5.41 Å². The maximum absolute atomic E-state index is 11.7. The van der Waals surface area contributed by atoms with Crippen LogP contribution in [0.4, 0.5) is 5.69 Å². The molecule has 1 saturated heterocycles. The van der Waals surface area contributed by atoms with E-state index in [9.17, 15) is 4.79 Å². The fraction of sp³-hybridized carbons (Fsp3) is 0.500. The molecule has 1 heterocycles. The van der Waals surface area contributed by atoms with E-state index >= 15 is 0 Å². The Morgan fingerprint density at radius 2 is 1.88 bits per heavy atom. The molecule has 0 radical (unpaired) electrons. The molecule has 1 aliphatic rings. The van der Waals surface area contributed by atoms with Gasteiger partial charge in [-0.15, -0.1) is 0 Å². The summed E-state index contributed by atoms with van der Waals surface area (Å²) in [4.78, 5) is 14.0. The monoisotopic (exact) mass is 233 g/mol. The van der Waals surface area contributed by atoms with E-state index in [0.717, 1.165) is 24.5 Å². The zero-order valence-corrected chi connectivity index (χ0v) is 10.7. The second-order valence-electron chi connectivity index (χ2n) is 5.18. The minimum absolute atomic E-state index is 0.238. The van der Waals surface area contributed by atoms with Crippen molar-refractivity contribution in [2.45, 2.75) is 20.3 Å². The van der Waals surface area contributed by atoms with Crippen molar-refractivity contribution in [1.82, 2.24) is 0 Å². The Balaban J connectivity index is 2.15. The number of hydrogen-bond donors (Lipinski definition) is 0. The fourth-order valence-corrected chi connectivity index (χ4v) is 2.23. The first-order valence-corrected chi connectivity index (χ1v) is 5.95. The zero-order chi connectivity index (χ0) is 12.5. The lowest BCUT2D eigenvalue weighted by atomic mass is 9.82. The number of benzene rings is 1. The van der Waals surface area contributed by atoms with Crippen LogP contribution in [-0.2, 0) is 4.79 Å². The molecule has 0 spiro atoms. The van der Waals surface area contributed by atoms with Gasteiger partial charge in [0.15, 0.2) is 0 Å². The summed E-state index contributed by atoms with van der Waals surface area (Å²) in [5.41, 5.74) is 0.921. The van der Waals surface area contributed by atoms with Gasteiger partial charge in [0.2, 0.25) is 0 Å². The van der Waals surface area contributed by atoms with Crippen molar-refractivity contribution in [3.8, 4) is 5.75 Å². The van der Waals surface area contributed by atoms with E-state index in [4.69, 9.17) is 4.74 Å². The Hall–Kier alpha value is -1.51. The third-order valence-electron chi connectivity index (χ3n) is 3.39. The highest BCUT2D eigenvalue weighted by atomic mass is 16.5. The van der Waals surface area contributed by atoms with Crippen molar-refractivity contribution in [2.75, 3.05) is 25.1 Å². The van der Waals surface area contributed by atoms with Crippen LogP contribution in [0.15, 0.2) is 24.3 Å². The lowest BCUT2D eigenvalue weighted by molar-refractivity contribution is -0.127. The van der Waals surface area contributed by atoms with Gasteiger partial charge < -0.3 is 9.64 Å². The molecule has 0 unspecified atom stereocenters. The minimum Gasteiger partial charge on any atom is -0.497 e. The summed E-state index contributed by atoms with van der Waals surface area (Å²) in [5.74, 6) is 1.23. The normalized spacial score (nSPS) is 19.2. The highest BCUT2D eigenvalue weighted by molar-refractivity contribution is 5.86. The molecule has 0 aliphatic carbocycles. The quantitative estimate of drug-likeness (QED) is 0.786. The van der Waals surface area contributed by atoms with Crippen LogP contribution in [-0.4, -0.2) is 26.0 Å². The molecule has 1 fully saturated rings. The van der Waals surface area contributed by atoms with E-state index in [-0.39, 0.29) is 5.41 Å². The van der Waals surface area contributed by atoms with Gasteiger partial charge in [0.25, 0.3) is 0 Å². The number of hydrogen-bond acceptors (Lipinski definition) is 3. The summed E-state index contributed by atoms with van der Waals surface area (Å²) in [6.07, 6.45) is 0.638. The van der Waals surface area contributed by atoms with Crippen LogP contribution >= 0.6 is 0 Å². The predicted molar refractivity (Wildman–Crippen MR) is 68.6 cm³/mol. The van der Waals surface area contributed by atoms with Crippen LogP contribution in [0.2, 0.25) is 0 Å². The average Bonchev–Trinajstić information content (AvgIpc) is 2.33. The van der Waals surface area contributed by atoms with Gasteiger partial charge in [-0.3, -0.25) is 4.79 Å². The number of anilines is 1. The van der Waals surface area contributed by atoms with Gasteiger partial charge in [0.1, 0.15) is 11.5 Å². The van der Waals surface area contributed by atoms with E-state index in [0.29, 0.717) is 12.2 Å². The molecule has 0 saturated carbocycles. The van der Waals surface area contributed by atoms with Crippen LogP contribution in [0.3, 0.4) is 0 Å². The van der Waals surface area contributed by atoms with Crippen molar-refractivity contribution in [2.24, 2.45) is 5.41 Å². The van der Waals surface area contributed by atoms with Gasteiger partial charge >= 0.3 is 0 Å². The molecule has 3 heteroatoms. The summed E-state index contributed by atoms with van der Waals surface area (Å²) in [6, 6.07) is 8.01. The Bertz CT molecular complexity index is 409. The molecule has 1 aromatic carbocycles. The van der Waals surface area contributed by atoms with Crippen molar-refractivity contribution < 1.29 is 9.53 Å². The number of methoxy groups -OCH3 is 1. The largest absolute Gasteiger partial charge is 0.497 e. The molecule has 0 atom stereocenters. The Morgan fingerprint density at radius 1 is 1.24 bits per heavy atom. The summed E-state index contributed by atoms with van der Waals surface area (Å²) in [7, 11) is 1.66. The van der Waals surface area contributed by atoms with Gasteiger partial charge in [-0.05, 0) is 24.3 Å². The van der Waals surface area contributed by atoms with Gasteiger partial charge in [-0.25, -0.2) is 0 Å². The third kappa shape index (κ3) is 2.43. The fourth-order valence-electron chi connectivity index (χ4n) is 2.23. The Morgan fingerprint density at radius 3 is 2.41 bits per heavy atom. The van der Waals surface area contributed by atoms with E-state index in [2.05, 4.69) is 4.90 Å². The molecule has 0 bridgehead atoms. The third-order valence-corrected chi connectivity index (χ3v) is 3.39. The first-order chi connectivity index (χ1) is 8.03. The number of ether oxygens (including phenoxy) is 1. The summed E-state index contributed by atoms with van der Waals surface area (Å²) < 4.78 is 5.14. The molecule has 1 aromatic rings. The maximum atomic E-state index is 11.7. The van der Waals surface area contributed by atoms with Gasteiger partial charge in [-0.2, -0.15) is 0 Å². The number of carbonyl (C=O) groups is 1. The van der Waals surface area contributed by atoms with E-state index in [1.165, 1.54) is 0 Å². The van der Waals surface area contributed by atoms with E-state index in [1.807, 2.05) is 38.1 Å². The zero-order valence-electron chi connectivity index (χ0n) is 10.7. The first-order valence-electron chi connectivity index (χ1n) is 5.95. The topological polar surface area (TPSA) is 29.5 Å². The summed E-state index contributed by atoms with van der Waals surface area (Å²) >= 11 is 0. The molecular weight excluding hydrogens is 214 g/mol. The lowest BCUT2D eigenvalue weighted by Crippen LogP contribution is -2.46. The Kier molecular flexibility index (Phi) is 3.09. The van der Waals surface area contributed by atoms with Crippen molar-refractivity contribution in [3.63, 3.8) is 0 Å². The highest BCUT2D eigenvalue weighted by Gasteiger charge is 2.34. The SMILES string of the molecule is COc1ccc(N2CCC(=O)C(C)(C)C2)cc1. The predicted octanol–water partition coefficient (Wildman–Crippen LogP) is 2.50. The summed E-state index contributed by atoms with van der Waals surface area (Å²) in [6.45, 7) is 5.64. The van der Waals surface area contributed by atoms with Crippen LogP contribution in [0.1, 0.15) is 20.3 Å². The first kappa shape index (κ1) is 12.0. The average molecular weight is 233 g/mol. The van der Waals surface area contributed by atoms with Gasteiger partial charge in [0, 0.05) is 30.6 Å². The lowest BCUT2D eigenvalue weighted by Gasteiger charge is -2.38. The second kappa shape index (κ2) is 4.40. The standard InChI is InChI=1S/C14H19NO2/c1-14(2)10-15(9-8-13(14)16)11-4-6-12(17-3)7-5-11/h4-7H,8-10H2,1-3H3. The van der Waals surface area contributed by atoms with Crippen molar-refractivity contribution >= 4 is 11.5 Å². The molecule has 3 nitrogen and oxygen atoms in total. The second-order valence-corrected chi connectivity index (χ2v) is 5.18. The van der Waals surface area contributed by atoms with Crippen molar-refractivity contribution in [3.05, 3.63) is 24.3 Å². The minimum atomic E-state index is -0.238. The molecular formula is C14H19NO2. The Labute approximate surface area is 102 Å². The van der Waals surface area contributed by atoms with Crippen molar-refractivity contribution in [1.29, 1.82) is 0 Å². The molecule has 92 valence electrons. The molecule has 0 N–H and O–H groups in total. The van der Waals surface area contributed by atoms with Crippen LogP contribution in [0.25, 0.3) is 0 Å². The molecule has 2 rings (SSSR count). The maximum Gasteiger partial charge on any atom is 0.142 e. The number of nitrogens with zero attached hydrogens (tertiary/aromatic N) is 1. The smallest absolute Gasteiger partial charge is 0.142 e. The van der Waals surface area contributed by atoms with E-state index in [1.54, 1.807) is 7.11 Å². The number of rotatable bonds is 2. The highest BCUT2D eigenvalue weighted by Crippen LogP contribution is 2.29. The summed E-state index contributed by atoms with van der Waals surface area (Å²) in [5, 5.41) is 0. The van der Waals surface area contributed by atoms with Gasteiger partial charge in [0.05, 0.1) is 7.11 Å². The molecule has 0 aromatic heterocycles. The number of Topliss-reactive ketones (excluding diaryl/α,β-unsaturated/α-hetero) is 1. The molecule has 17 heavy (non-hydrogen) atoms. The number of ketones is 1.